The minimum absolute atomic E-state index is 0.00146. The number of amides is 4. The Labute approximate surface area is 435 Å². The molecule has 5 aromatic rings. The van der Waals surface area contributed by atoms with E-state index in [-0.39, 0.29) is 56.3 Å². The molecular formula is C56H64ClFN8O6S. The van der Waals surface area contributed by atoms with E-state index in [9.17, 15) is 24.3 Å². The number of allylic oxidation sites excluding steroid dienone is 4. The minimum atomic E-state index is -1.05. The lowest BCUT2D eigenvalue weighted by atomic mass is 9.85. The fourth-order valence-electron chi connectivity index (χ4n) is 9.76. The van der Waals surface area contributed by atoms with Crippen molar-refractivity contribution in [1.82, 2.24) is 35.6 Å². The van der Waals surface area contributed by atoms with Gasteiger partial charge < -0.3 is 30.7 Å². The van der Waals surface area contributed by atoms with E-state index in [4.69, 9.17) is 21.3 Å². The van der Waals surface area contributed by atoms with Crippen molar-refractivity contribution >= 4 is 58.0 Å². The van der Waals surface area contributed by atoms with Gasteiger partial charge in [-0.25, -0.2) is 4.39 Å². The Hall–Kier alpha value is -6.49. The van der Waals surface area contributed by atoms with Gasteiger partial charge in [0.2, 0.25) is 23.6 Å². The summed E-state index contributed by atoms with van der Waals surface area (Å²) in [4.78, 5) is 63.1. The van der Waals surface area contributed by atoms with E-state index in [1.165, 1.54) is 39.1 Å². The third kappa shape index (κ3) is 11.8. The molecular weight excluding hydrogens is 967 g/mol. The zero-order valence-electron chi connectivity index (χ0n) is 42.8. The molecule has 4 amide bonds. The molecule has 0 bridgehead atoms. The lowest BCUT2D eigenvalue weighted by Gasteiger charge is -2.35. The summed E-state index contributed by atoms with van der Waals surface area (Å²) in [5.41, 5.74) is 8.64. The van der Waals surface area contributed by atoms with Gasteiger partial charge in [0.15, 0.2) is 5.82 Å². The molecule has 2 aliphatic heterocycles. The number of nitrogens with zero attached hydrogens (tertiary/aromatic N) is 5. The maximum absolute atomic E-state index is 15.3. The number of nitrogens with one attached hydrogen (secondary N) is 3. The molecule has 0 radical (unpaired) electrons. The topological polar surface area (TPSA) is 180 Å². The first-order valence-corrected chi connectivity index (χ1v) is 26.0. The smallest absolute Gasteiger partial charge is 0.246 e. The van der Waals surface area contributed by atoms with Crippen molar-refractivity contribution < 1.29 is 33.4 Å². The minimum Gasteiger partial charge on any atom is -0.489 e. The van der Waals surface area contributed by atoms with Crippen LogP contribution in [-0.4, -0.2) is 91.5 Å². The Balaban J connectivity index is 0.860. The van der Waals surface area contributed by atoms with Crippen LogP contribution in [0.3, 0.4) is 0 Å². The van der Waals surface area contributed by atoms with Crippen molar-refractivity contribution in [2.45, 2.75) is 131 Å². The number of benzene rings is 3. The number of halogens is 2. The predicted molar refractivity (Wildman–Crippen MR) is 283 cm³/mol. The highest BCUT2D eigenvalue weighted by atomic mass is 35.5. The Morgan fingerprint density at radius 3 is 2.33 bits per heavy atom. The molecule has 1 fully saturated rings. The van der Waals surface area contributed by atoms with Crippen LogP contribution >= 0.6 is 22.9 Å². The molecule has 3 aromatic carbocycles. The van der Waals surface area contributed by atoms with Crippen LogP contribution in [0, 0.1) is 25.1 Å². The van der Waals surface area contributed by atoms with Gasteiger partial charge in [0.05, 0.1) is 30.8 Å². The number of carbonyl (C=O) groups excluding carboxylic acids is 4. The van der Waals surface area contributed by atoms with Gasteiger partial charge in [-0.3, -0.25) is 28.7 Å². The number of hydrogen-bond donors (Lipinski definition) is 4. The molecule has 73 heavy (non-hydrogen) atoms. The number of hydrogen-bond acceptors (Lipinski definition) is 10. The van der Waals surface area contributed by atoms with E-state index < -0.39 is 59.3 Å². The van der Waals surface area contributed by atoms with Crippen LogP contribution < -0.4 is 20.7 Å². The summed E-state index contributed by atoms with van der Waals surface area (Å²) in [7, 11) is 0. The Kier molecular flexibility index (Phi) is 15.9. The second kappa shape index (κ2) is 21.9. The highest BCUT2D eigenvalue weighted by Gasteiger charge is 2.45. The van der Waals surface area contributed by atoms with Gasteiger partial charge in [-0.05, 0) is 123 Å². The molecule has 6 atom stereocenters. The van der Waals surface area contributed by atoms with Gasteiger partial charge in [-0.1, -0.05) is 74.3 Å². The third-order valence-electron chi connectivity index (χ3n) is 13.9. The first kappa shape index (κ1) is 52.8. The summed E-state index contributed by atoms with van der Waals surface area (Å²) in [6, 6.07) is 18.9. The third-order valence-corrected chi connectivity index (χ3v) is 15.2. The number of rotatable bonds is 16. The quantitative estimate of drug-likeness (QED) is 0.0755. The van der Waals surface area contributed by atoms with E-state index in [1.54, 1.807) is 18.3 Å². The van der Waals surface area contributed by atoms with E-state index in [1.807, 2.05) is 87.7 Å². The number of carbonyl (C=O) groups is 4. The van der Waals surface area contributed by atoms with Crippen molar-refractivity contribution in [1.29, 1.82) is 0 Å². The zero-order valence-corrected chi connectivity index (χ0v) is 44.4. The summed E-state index contributed by atoms with van der Waals surface area (Å²) in [6.07, 6.45) is -0.845. The SMILES string of the molecule is CC1=C(C)C2=C(C1)n1c(C)nnc1C(CC(=O)NCC(C)Oc1ccc(F)c(CCC(=O)N[C@H](C(=O)N3C[C@H](O)C[C@H]3C(=O)NC(C)c3ccc(-c4sccc4C)cc3)C(C)(C)C)c1)N=C2c1ccc(Cl)cc1. The summed E-state index contributed by atoms with van der Waals surface area (Å²) < 4.78 is 23.4. The number of aliphatic hydroxyl groups excluding tert-OH is 1. The second-order valence-electron chi connectivity index (χ2n) is 20.6. The Bertz CT molecular complexity index is 3010. The van der Waals surface area contributed by atoms with E-state index in [2.05, 4.69) is 58.4 Å². The van der Waals surface area contributed by atoms with Gasteiger partial charge in [-0.2, -0.15) is 0 Å². The molecule has 4 N–H and O–H groups in total. The number of likely N-dealkylation sites (tertiary alicyclic amines) is 1. The summed E-state index contributed by atoms with van der Waals surface area (Å²) in [6.45, 7) is 17.3. The van der Waals surface area contributed by atoms with Crippen molar-refractivity contribution in [3.63, 3.8) is 0 Å². The van der Waals surface area contributed by atoms with Gasteiger partial charge in [0, 0.05) is 52.5 Å². The monoisotopic (exact) mass is 1030 g/mol. The maximum Gasteiger partial charge on any atom is 0.246 e. The highest BCUT2D eigenvalue weighted by Crippen LogP contribution is 2.42. The first-order valence-electron chi connectivity index (χ1n) is 24.8. The number of thiophene rings is 1. The van der Waals surface area contributed by atoms with E-state index in [0.29, 0.717) is 28.8 Å². The lowest BCUT2D eigenvalue weighted by molar-refractivity contribution is -0.144. The maximum atomic E-state index is 15.3. The predicted octanol–water partition coefficient (Wildman–Crippen LogP) is 9.19. The van der Waals surface area contributed by atoms with Gasteiger partial charge >= 0.3 is 0 Å². The van der Waals surface area contributed by atoms with Crippen LogP contribution in [0.25, 0.3) is 16.1 Å². The number of aliphatic hydroxyl groups is 1. The zero-order chi connectivity index (χ0) is 52.5. The molecule has 17 heteroatoms. The van der Waals surface area contributed by atoms with E-state index in [0.717, 1.165) is 39.2 Å². The number of aryl methyl sites for hydroxylation is 3. The van der Waals surface area contributed by atoms with Gasteiger partial charge in [0.25, 0.3) is 0 Å². The van der Waals surface area contributed by atoms with Gasteiger partial charge in [-0.15, -0.1) is 21.5 Å². The summed E-state index contributed by atoms with van der Waals surface area (Å²) >= 11 is 7.94. The average Bonchev–Trinajstić information content (AvgIpc) is 4.12. The molecule has 14 nitrogen and oxygen atoms in total. The number of aromatic nitrogens is 3. The van der Waals surface area contributed by atoms with Crippen molar-refractivity contribution in [3.8, 4) is 16.2 Å². The van der Waals surface area contributed by atoms with Crippen LogP contribution in [0.5, 0.6) is 5.75 Å². The Morgan fingerprint density at radius 1 is 0.932 bits per heavy atom. The largest absolute Gasteiger partial charge is 0.489 e. The molecule has 3 unspecified atom stereocenters. The van der Waals surface area contributed by atoms with Crippen molar-refractivity contribution in [2.75, 3.05) is 13.1 Å². The number of ether oxygens (including phenoxy) is 1. The van der Waals surface area contributed by atoms with Crippen LogP contribution in [0.2, 0.25) is 5.02 Å². The lowest BCUT2D eigenvalue weighted by Crippen LogP contribution is -2.57. The fourth-order valence-corrected chi connectivity index (χ4v) is 10.8. The second-order valence-corrected chi connectivity index (χ2v) is 21.9. The molecule has 0 spiro atoms. The molecule has 1 aliphatic carbocycles. The van der Waals surface area contributed by atoms with Gasteiger partial charge in [0.1, 0.15) is 41.6 Å². The fraction of sp³-hybridized carbons (Fsp3) is 0.411. The molecule has 0 saturated carbocycles. The normalized spacial score (nSPS) is 18.9. The summed E-state index contributed by atoms with van der Waals surface area (Å²) in [5, 5.41) is 31.2. The molecule has 8 rings (SSSR count). The molecule has 3 aliphatic rings. The molecule has 4 heterocycles. The van der Waals surface area contributed by atoms with Crippen LogP contribution in [0.15, 0.2) is 99.9 Å². The van der Waals surface area contributed by atoms with Crippen LogP contribution in [0.4, 0.5) is 4.39 Å². The first-order chi connectivity index (χ1) is 34.7. The van der Waals surface area contributed by atoms with Crippen LogP contribution in [-0.2, 0) is 25.6 Å². The Morgan fingerprint density at radius 2 is 1.64 bits per heavy atom. The van der Waals surface area contributed by atoms with Crippen LogP contribution in [0.1, 0.15) is 120 Å². The molecule has 2 aromatic heterocycles. The molecule has 1 saturated heterocycles. The van der Waals surface area contributed by atoms with Crippen molar-refractivity contribution in [3.05, 3.63) is 140 Å². The van der Waals surface area contributed by atoms with Crippen molar-refractivity contribution in [2.24, 2.45) is 10.4 Å². The number of β-amino-alcohol motifs (C(OH)–C–C–N with tert-alkyl or cyclic N) is 1. The number of aliphatic imine (C=N–C) groups is 1. The molecule has 384 valence electrons. The highest BCUT2D eigenvalue weighted by molar-refractivity contribution is 7.13. The number of fused-ring (bicyclic) bond motifs is 2. The average molecular weight is 1030 g/mol. The van der Waals surface area contributed by atoms with E-state index >= 15 is 4.39 Å². The summed E-state index contributed by atoms with van der Waals surface area (Å²) in [5.74, 6) is -0.544. The standard InChI is InChI=1S/C56H64ClFN8O6S/c1-30-22-23-73-51(30)38-12-10-36(11-13-38)34(5)60-54(70)46-26-41(67)29-65(46)55(71)52(56(7,8)9)62-47(68)21-16-39-25-42(19-20-43(39)58)72-32(3)28-59-48(69)27-44-53-64-63-35(6)66(53)45-24-31(2)33(4)49(45)50(61-44)37-14-17-40(57)18-15-37/h10-15,17-20,22-23,25,32,34,41,44,46,52,67H,16,21,24,26-29H2,1-9H3,(H,59,69)(H,60,70)(H,62,68)/t32?,34?,41-,44?,46+,52-/m1/s1.